The van der Waals surface area contributed by atoms with E-state index in [4.69, 9.17) is 4.74 Å². The number of carbonyl (C=O) groups is 2. The van der Waals surface area contributed by atoms with Crippen LogP contribution in [-0.4, -0.2) is 54.5 Å². The maximum absolute atomic E-state index is 13.0. The Morgan fingerprint density at radius 3 is 2.59 bits per heavy atom. The average molecular weight is 381 g/mol. The van der Waals surface area contributed by atoms with Gasteiger partial charge >= 0.3 is 6.03 Å². The molecule has 1 aromatic carbocycles. The summed E-state index contributed by atoms with van der Waals surface area (Å²) in [5.74, 6) is -0.730. The Morgan fingerprint density at radius 2 is 1.96 bits per heavy atom. The van der Waals surface area contributed by atoms with E-state index in [0.717, 1.165) is 0 Å². The Morgan fingerprint density at radius 1 is 1.26 bits per heavy atom. The number of ether oxygens (including phenoxy) is 1. The van der Waals surface area contributed by atoms with E-state index in [0.29, 0.717) is 31.4 Å². The Balaban J connectivity index is 1.79. The van der Waals surface area contributed by atoms with E-state index in [9.17, 15) is 19.1 Å². The van der Waals surface area contributed by atoms with E-state index in [1.165, 1.54) is 24.3 Å². The van der Waals surface area contributed by atoms with Gasteiger partial charge in [0.15, 0.2) is 0 Å². The summed E-state index contributed by atoms with van der Waals surface area (Å²) in [6, 6.07) is 4.82. The van der Waals surface area contributed by atoms with Crippen LogP contribution in [-0.2, 0) is 4.74 Å². The van der Waals surface area contributed by atoms with Gasteiger partial charge in [-0.2, -0.15) is 0 Å². The zero-order valence-corrected chi connectivity index (χ0v) is 15.7. The van der Waals surface area contributed by atoms with Gasteiger partial charge in [0.2, 0.25) is 0 Å². The van der Waals surface area contributed by atoms with E-state index in [2.05, 4.69) is 16.0 Å². The van der Waals surface area contributed by atoms with Crippen LogP contribution in [0.4, 0.5) is 9.18 Å². The van der Waals surface area contributed by atoms with E-state index in [1.807, 2.05) is 13.8 Å². The molecule has 0 unspecified atom stereocenters. The van der Waals surface area contributed by atoms with Crippen molar-refractivity contribution >= 4 is 11.9 Å². The lowest BCUT2D eigenvalue weighted by Crippen LogP contribution is -2.51. The maximum Gasteiger partial charge on any atom is 0.314 e. The second-order valence-corrected chi connectivity index (χ2v) is 6.99. The molecule has 0 bridgehead atoms. The topological polar surface area (TPSA) is 99.7 Å². The molecule has 3 amide bonds. The molecule has 1 fully saturated rings. The van der Waals surface area contributed by atoms with Gasteiger partial charge in [-0.05, 0) is 57.4 Å². The van der Waals surface area contributed by atoms with Gasteiger partial charge in [0, 0.05) is 18.2 Å². The number of rotatable bonds is 7. The highest BCUT2D eigenvalue weighted by Crippen LogP contribution is 2.22. The quantitative estimate of drug-likeness (QED) is 0.576. The van der Waals surface area contributed by atoms with Gasteiger partial charge in [-0.3, -0.25) is 4.79 Å². The fourth-order valence-electron chi connectivity index (χ4n) is 3.02. The van der Waals surface area contributed by atoms with Gasteiger partial charge in [0.1, 0.15) is 11.9 Å². The maximum atomic E-state index is 13.0. The summed E-state index contributed by atoms with van der Waals surface area (Å²) in [7, 11) is 0. The highest BCUT2D eigenvalue weighted by molar-refractivity contribution is 5.94. The highest BCUT2D eigenvalue weighted by atomic mass is 19.1. The Bertz CT molecular complexity index is 624. The minimum Gasteiger partial charge on any atom is -0.394 e. The summed E-state index contributed by atoms with van der Waals surface area (Å²) in [5, 5.41) is 18.0. The first kappa shape index (κ1) is 21.1. The summed E-state index contributed by atoms with van der Waals surface area (Å²) in [5.41, 5.74) is 0.357. The molecule has 1 saturated heterocycles. The molecule has 0 radical (unpaired) electrons. The molecule has 1 aromatic rings. The van der Waals surface area contributed by atoms with Gasteiger partial charge in [-0.25, -0.2) is 9.18 Å². The van der Waals surface area contributed by atoms with Gasteiger partial charge < -0.3 is 25.8 Å². The minimum absolute atomic E-state index is 0.0696. The molecule has 7 nitrogen and oxygen atoms in total. The number of hydrogen-bond donors (Lipinski definition) is 4. The molecule has 1 aliphatic heterocycles. The number of nitrogens with one attached hydrogen (secondary N) is 3. The van der Waals surface area contributed by atoms with Gasteiger partial charge in [-0.15, -0.1) is 0 Å². The lowest BCUT2D eigenvalue weighted by atomic mass is 9.96. The molecular formula is C19H28FN3O4. The first-order chi connectivity index (χ1) is 12.9. The van der Waals surface area contributed by atoms with Crippen molar-refractivity contribution in [3.05, 3.63) is 35.6 Å². The van der Waals surface area contributed by atoms with Gasteiger partial charge in [0.25, 0.3) is 5.91 Å². The molecule has 0 aliphatic carbocycles. The molecule has 0 saturated carbocycles. The molecule has 27 heavy (non-hydrogen) atoms. The molecular weight excluding hydrogens is 353 g/mol. The Labute approximate surface area is 158 Å². The molecule has 150 valence electrons. The minimum atomic E-state index is -0.516. The molecule has 4 N–H and O–H groups in total. The largest absolute Gasteiger partial charge is 0.394 e. The third kappa shape index (κ3) is 6.80. The predicted molar refractivity (Wildman–Crippen MR) is 98.9 cm³/mol. The molecule has 0 spiro atoms. The van der Waals surface area contributed by atoms with Crippen LogP contribution in [0, 0.1) is 5.82 Å². The molecule has 1 heterocycles. The first-order valence-corrected chi connectivity index (χ1v) is 9.26. The number of carbonyl (C=O) groups excluding carboxylic acids is 2. The number of aliphatic hydroxyl groups is 1. The van der Waals surface area contributed by atoms with Crippen LogP contribution in [0.1, 0.15) is 43.5 Å². The summed E-state index contributed by atoms with van der Waals surface area (Å²) in [6.07, 6.45) is 1.37. The zero-order chi connectivity index (χ0) is 19.8. The summed E-state index contributed by atoms with van der Waals surface area (Å²) in [6.45, 7) is 4.02. The van der Waals surface area contributed by atoms with Crippen LogP contribution in [0.5, 0.6) is 0 Å². The van der Waals surface area contributed by atoms with Crippen molar-refractivity contribution in [1.82, 2.24) is 16.0 Å². The average Bonchev–Trinajstić information content (AvgIpc) is 2.62. The number of benzene rings is 1. The lowest BCUT2D eigenvalue weighted by molar-refractivity contribution is -0.0892. The number of urea groups is 1. The van der Waals surface area contributed by atoms with E-state index in [-0.39, 0.29) is 36.7 Å². The molecule has 3 atom stereocenters. The summed E-state index contributed by atoms with van der Waals surface area (Å²) >= 11 is 0. The van der Waals surface area contributed by atoms with Crippen molar-refractivity contribution in [3.8, 4) is 0 Å². The van der Waals surface area contributed by atoms with Crippen molar-refractivity contribution in [1.29, 1.82) is 0 Å². The first-order valence-electron chi connectivity index (χ1n) is 9.26. The van der Waals surface area contributed by atoms with Crippen molar-refractivity contribution in [3.63, 3.8) is 0 Å². The van der Waals surface area contributed by atoms with Crippen LogP contribution in [0.3, 0.4) is 0 Å². The normalized spacial score (nSPS) is 22.3. The SMILES string of the molecule is CC(C)NC(=O)NCC[C@H]1CC[C@H](NC(=O)c2ccc(F)cc2)[C@@H](CO)O1. The van der Waals surface area contributed by atoms with E-state index >= 15 is 0 Å². The standard InChI is InChI=1S/C19H28FN3O4/c1-12(2)22-19(26)21-10-9-15-7-8-16(17(11-24)27-15)23-18(25)13-3-5-14(20)6-4-13/h3-6,12,15-17,24H,7-11H2,1-2H3,(H,23,25)(H2,21,22,26)/t15-,16+,17-/m1/s1. The van der Waals surface area contributed by atoms with E-state index < -0.39 is 11.9 Å². The number of halogens is 1. The Kier molecular flexibility index (Phi) is 7.99. The van der Waals surface area contributed by atoms with Crippen LogP contribution in [0.15, 0.2) is 24.3 Å². The molecule has 0 aromatic heterocycles. The van der Waals surface area contributed by atoms with Crippen molar-refractivity contribution in [2.75, 3.05) is 13.2 Å². The van der Waals surface area contributed by atoms with Gasteiger partial charge in [-0.1, -0.05) is 0 Å². The van der Waals surface area contributed by atoms with Crippen molar-refractivity contribution in [2.24, 2.45) is 0 Å². The van der Waals surface area contributed by atoms with Crippen LogP contribution in [0.25, 0.3) is 0 Å². The van der Waals surface area contributed by atoms with E-state index in [1.54, 1.807) is 0 Å². The lowest BCUT2D eigenvalue weighted by Gasteiger charge is -2.36. The zero-order valence-electron chi connectivity index (χ0n) is 15.7. The van der Waals surface area contributed by atoms with Crippen LogP contribution >= 0.6 is 0 Å². The Hall–Kier alpha value is -2.19. The molecule has 2 rings (SSSR count). The molecule has 8 heteroatoms. The van der Waals surface area contributed by atoms with Crippen molar-refractivity contribution < 1.29 is 23.8 Å². The van der Waals surface area contributed by atoms with Crippen LogP contribution in [0.2, 0.25) is 0 Å². The smallest absolute Gasteiger partial charge is 0.314 e. The molecule has 1 aliphatic rings. The second kappa shape index (κ2) is 10.2. The monoisotopic (exact) mass is 381 g/mol. The number of hydrogen-bond acceptors (Lipinski definition) is 4. The third-order valence-corrected chi connectivity index (χ3v) is 4.39. The van der Waals surface area contributed by atoms with Crippen LogP contribution < -0.4 is 16.0 Å². The fourth-order valence-corrected chi connectivity index (χ4v) is 3.02. The van der Waals surface area contributed by atoms with Crippen molar-refractivity contribution in [2.45, 2.75) is 57.4 Å². The third-order valence-electron chi connectivity index (χ3n) is 4.39. The highest BCUT2D eigenvalue weighted by Gasteiger charge is 2.31. The van der Waals surface area contributed by atoms with Gasteiger partial charge in [0.05, 0.1) is 18.8 Å². The fraction of sp³-hybridized carbons (Fsp3) is 0.579. The summed E-state index contributed by atoms with van der Waals surface area (Å²) in [4.78, 5) is 23.8. The number of aliphatic hydroxyl groups excluding tert-OH is 1. The summed E-state index contributed by atoms with van der Waals surface area (Å²) < 4.78 is 18.8. The number of amides is 3. The predicted octanol–water partition coefficient (Wildman–Crippen LogP) is 1.56. The second-order valence-electron chi connectivity index (χ2n) is 6.99.